The lowest BCUT2D eigenvalue weighted by Crippen LogP contribution is -2.58. The summed E-state index contributed by atoms with van der Waals surface area (Å²) >= 11 is 0. The Morgan fingerprint density at radius 3 is 3.04 bits per heavy atom. The quantitative estimate of drug-likeness (QED) is 0.589. The monoisotopic (exact) mass is 380 g/mol. The second-order valence-corrected chi connectivity index (χ2v) is 9.17. The number of likely N-dealkylation sites (tertiary alicyclic amines) is 1. The highest BCUT2D eigenvalue weighted by Crippen LogP contribution is 2.45. The number of ether oxygens (including phenoxy) is 1. The first-order chi connectivity index (χ1) is 13.7. The molecule has 3 aliphatic heterocycles. The number of benzene rings is 1. The van der Waals surface area contributed by atoms with Crippen LogP contribution in [0, 0.1) is 11.8 Å². The van der Waals surface area contributed by atoms with Crippen molar-refractivity contribution in [1.29, 1.82) is 0 Å². The normalized spacial score (nSPS) is 32.8. The molecule has 0 N–H and O–H groups in total. The molecule has 5 rings (SSSR count). The molecule has 2 unspecified atom stereocenters. The molecule has 4 atom stereocenters. The van der Waals surface area contributed by atoms with Crippen LogP contribution in [0.4, 0.5) is 0 Å². The van der Waals surface area contributed by atoms with E-state index in [-0.39, 0.29) is 5.97 Å². The second-order valence-electron chi connectivity index (χ2n) is 9.17. The van der Waals surface area contributed by atoms with Crippen LogP contribution in [0.5, 0.6) is 0 Å². The number of hydrogen-bond acceptors (Lipinski definition) is 4. The molecule has 2 bridgehead atoms. The van der Waals surface area contributed by atoms with E-state index in [2.05, 4.69) is 21.9 Å². The van der Waals surface area contributed by atoms with Crippen molar-refractivity contribution >= 4 is 5.97 Å². The van der Waals surface area contributed by atoms with Gasteiger partial charge in [-0.1, -0.05) is 30.2 Å². The first kappa shape index (κ1) is 18.4. The van der Waals surface area contributed by atoms with Crippen molar-refractivity contribution in [3.05, 3.63) is 47.0 Å². The van der Waals surface area contributed by atoms with E-state index in [0.717, 1.165) is 31.0 Å². The molecule has 1 aromatic carbocycles. The SMILES string of the molecule is COC(=O)c1cccc(CN2CCCC3=CC4CC(CN5CCCC[C@H]45)[C@@H]32)c1. The zero-order chi connectivity index (χ0) is 19.1. The number of rotatable bonds is 3. The van der Waals surface area contributed by atoms with Gasteiger partial charge in [0.15, 0.2) is 0 Å². The number of hydrogen-bond donors (Lipinski definition) is 0. The summed E-state index contributed by atoms with van der Waals surface area (Å²) in [6.45, 7) is 4.67. The highest BCUT2D eigenvalue weighted by Gasteiger charge is 2.45. The minimum Gasteiger partial charge on any atom is -0.465 e. The fourth-order valence-corrected chi connectivity index (χ4v) is 6.41. The third kappa shape index (κ3) is 3.31. The van der Waals surface area contributed by atoms with Gasteiger partial charge in [-0.2, -0.15) is 0 Å². The van der Waals surface area contributed by atoms with E-state index in [1.165, 1.54) is 64.3 Å². The smallest absolute Gasteiger partial charge is 0.337 e. The fraction of sp³-hybridized carbons (Fsp3) is 0.625. The summed E-state index contributed by atoms with van der Waals surface area (Å²) in [5.41, 5.74) is 3.59. The van der Waals surface area contributed by atoms with Gasteiger partial charge in [0.1, 0.15) is 0 Å². The van der Waals surface area contributed by atoms with Crippen LogP contribution >= 0.6 is 0 Å². The van der Waals surface area contributed by atoms with Gasteiger partial charge in [0, 0.05) is 25.2 Å². The maximum absolute atomic E-state index is 11.9. The number of methoxy groups -OCH3 is 1. The van der Waals surface area contributed by atoms with Gasteiger partial charge in [-0.15, -0.1) is 0 Å². The molecular formula is C24H32N2O2. The zero-order valence-electron chi connectivity index (χ0n) is 17.0. The standard InChI is InChI=1S/C24H32N2O2/c1-28-24(27)19-7-4-6-17(12-19)15-26-11-5-8-18-13-20-14-21(23(18)26)16-25-10-3-2-9-22(20)25/h4,6-7,12-13,20-23H,2-3,5,8-11,14-16H2,1H3/t20?,21?,22-,23-/m1/s1. The van der Waals surface area contributed by atoms with Crippen LogP contribution in [0.2, 0.25) is 0 Å². The predicted octanol–water partition coefficient (Wildman–Crippen LogP) is 3.87. The Labute approximate surface area is 168 Å². The van der Waals surface area contributed by atoms with Crippen molar-refractivity contribution in [3.63, 3.8) is 0 Å². The summed E-state index contributed by atoms with van der Waals surface area (Å²) in [5, 5.41) is 0. The van der Waals surface area contributed by atoms with Crippen LogP contribution in [0.15, 0.2) is 35.9 Å². The van der Waals surface area contributed by atoms with Crippen LogP contribution < -0.4 is 0 Å². The lowest BCUT2D eigenvalue weighted by molar-refractivity contribution is -0.00265. The van der Waals surface area contributed by atoms with Gasteiger partial charge in [-0.25, -0.2) is 4.79 Å². The van der Waals surface area contributed by atoms with E-state index in [4.69, 9.17) is 4.74 Å². The molecule has 4 aliphatic rings. The van der Waals surface area contributed by atoms with Crippen LogP contribution in [-0.2, 0) is 11.3 Å². The summed E-state index contributed by atoms with van der Waals surface area (Å²) in [6.07, 6.45) is 10.8. The van der Waals surface area contributed by atoms with Crippen molar-refractivity contribution in [2.75, 3.05) is 26.7 Å². The summed E-state index contributed by atoms with van der Waals surface area (Å²) < 4.78 is 4.90. The maximum Gasteiger partial charge on any atom is 0.337 e. The van der Waals surface area contributed by atoms with E-state index in [9.17, 15) is 4.79 Å². The second kappa shape index (κ2) is 7.64. The summed E-state index contributed by atoms with van der Waals surface area (Å²) in [7, 11) is 1.45. The van der Waals surface area contributed by atoms with Gasteiger partial charge in [0.05, 0.1) is 12.7 Å². The lowest BCUT2D eigenvalue weighted by atomic mass is 9.68. The van der Waals surface area contributed by atoms with Crippen LogP contribution in [0.3, 0.4) is 0 Å². The minimum absolute atomic E-state index is 0.245. The summed E-state index contributed by atoms with van der Waals surface area (Å²) in [5.74, 6) is 1.31. The Morgan fingerprint density at radius 1 is 1.21 bits per heavy atom. The van der Waals surface area contributed by atoms with Gasteiger partial charge in [-0.05, 0) is 74.7 Å². The number of fused-ring (bicyclic) bond motifs is 6. The minimum atomic E-state index is -0.245. The summed E-state index contributed by atoms with van der Waals surface area (Å²) in [4.78, 5) is 17.4. The Kier molecular flexibility index (Phi) is 5.02. The molecule has 1 aliphatic carbocycles. The van der Waals surface area contributed by atoms with E-state index < -0.39 is 0 Å². The van der Waals surface area contributed by atoms with Gasteiger partial charge in [0.2, 0.25) is 0 Å². The average molecular weight is 381 g/mol. The molecule has 1 aromatic rings. The van der Waals surface area contributed by atoms with Crippen LogP contribution in [0.1, 0.15) is 54.4 Å². The van der Waals surface area contributed by atoms with Gasteiger partial charge in [0.25, 0.3) is 0 Å². The topological polar surface area (TPSA) is 32.8 Å². The van der Waals surface area contributed by atoms with E-state index in [0.29, 0.717) is 11.6 Å². The third-order valence-electron chi connectivity index (χ3n) is 7.49. The number of nitrogens with zero attached hydrogens (tertiary/aromatic N) is 2. The Morgan fingerprint density at radius 2 is 2.14 bits per heavy atom. The number of carbonyl (C=O) groups excluding carboxylic acids is 1. The molecule has 0 radical (unpaired) electrons. The van der Waals surface area contributed by atoms with E-state index in [1.807, 2.05) is 18.2 Å². The van der Waals surface area contributed by atoms with Crippen LogP contribution in [0.25, 0.3) is 0 Å². The molecule has 4 nitrogen and oxygen atoms in total. The molecule has 0 aromatic heterocycles. The van der Waals surface area contributed by atoms with Crippen molar-refractivity contribution < 1.29 is 9.53 Å². The largest absolute Gasteiger partial charge is 0.465 e. The third-order valence-corrected chi connectivity index (χ3v) is 7.49. The highest BCUT2D eigenvalue weighted by atomic mass is 16.5. The van der Waals surface area contributed by atoms with Crippen molar-refractivity contribution in [2.45, 2.75) is 57.2 Å². The Balaban J connectivity index is 1.38. The first-order valence-electron chi connectivity index (χ1n) is 11.1. The Bertz CT molecular complexity index is 774. The van der Waals surface area contributed by atoms with Gasteiger partial charge < -0.3 is 4.74 Å². The predicted molar refractivity (Wildman–Crippen MR) is 110 cm³/mol. The molecule has 0 saturated carbocycles. The molecule has 0 spiro atoms. The van der Waals surface area contributed by atoms with Gasteiger partial charge >= 0.3 is 5.97 Å². The molecule has 150 valence electrons. The first-order valence-corrected chi connectivity index (χ1v) is 11.1. The van der Waals surface area contributed by atoms with Crippen LogP contribution in [-0.4, -0.2) is 54.6 Å². The highest BCUT2D eigenvalue weighted by molar-refractivity contribution is 5.89. The Hall–Kier alpha value is -1.65. The number of piperidine rings is 3. The molecular weight excluding hydrogens is 348 g/mol. The molecule has 3 heterocycles. The molecule has 3 saturated heterocycles. The number of esters is 1. The van der Waals surface area contributed by atoms with Crippen molar-refractivity contribution in [2.24, 2.45) is 11.8 Å². The zero-order valence-corrected chi connectivity index (χ0v) is 17.0. The van der Waals surface area contributed by atoms with E-state index >= 15 is 0 Å². The summed E-state index contributed by atoms with van der Waals surface area (Å²) in [6, 6.07) is 9.40. The molecule has 0 amide bonds. The maximum atomic E-state index is 11.9. The molecule has 4 heteroatoms. The van der Waals surface area contributed by atoms with Gasteiger partial charge in [-0.3, -0.25) is 9.80 Å². The molecule has 28 heavy (non-hydrogen) atoms. The number of carbonyl (C=O) groups is 1. The fourth-order valence-electron chi connectivity index (χ4n) is 6.41. The van der Waals surface area contributed by atoms with Crippen molar-refractivity contribution in [1.82, 2.24) is 9.80 Å². The van der Waals surface area contributed by atoms with Crippen molar-refractivity contribution in [3.8, 4) is 0 Å². The molecule has 3 fully saturated rings. The lowest BCUT2D eigenvalue weighted by Gasteiger charge is -2.54. The average Bonchev–Trinajstić information content (AvgIpc) is 2.73. The van der Waals surface area contributed by atoms with E-state index in [1.54, 1.807) is 5.57 Å².